The van der Waals surface area contributed by atoms with Crippen molar-refractivity contribution in [1.29, 1.82) is 5.26 Å². The summed E-state index contributed by atoms with van der Waals surface area (Å²) in [4.78, 5) is 11.7. The number of carbonyl (C=O) groups excluding carboxylic acids is 1. The normalized spacial score (nSPS) is 31.5. The number of fused-ring (bicyclic) bond motifs is 1. The molecule has 0 aromatic heterocycles. The Morgan fingerprint density at radius 1 is 1.43 bits per heavy atom. The molecule has 1 saturated heterocycles. The lowest BCUT2D eigenvalue weighted by atomic mass is 9.76. The highest BCUT2D eigenvalue weighted by Crippen LogP contribution is 2.45. The molecule has 0 aromatic carbocycles. The minimum absolute atomic E-state index is 0.0944. The number of ether oxygens (including phenoxy) is 1. The molecule has 2 aliphatic heterocycles. The van der Waals surface area contributed by atoms with E-state index in [9.17, 15) is 26.4 Å². The standard InChI is InChI=1S/C11H11F3N2O4S/c1-10(2)6-3-4-16(21(18,19)11(12,13)14)7(5-15)8(6)20-9(10)17/h3-4,6-8H,1-2H3. The van der Waals surface area contributed by atoms with Gasteiger partial charge in [0.05, 0.1) is 11.5 Å². The number of carbonyl (C=O) groups is 1. The molecular weight excluding hydrogens is 313 g/mol. The van der Waals surface area contributed by atoms with Gasteiger partial charge in [-0.3, -0.25) is 4.79 Å². The largest absolute Gasteiger partial charge is 0.516 e. The Bertz CT molecular complexity index is 647. The molecular formula is C11H11F3N2O4S. The number of nitriles is 1. The number of sulfonamides is 1. The highest BCUT2D eigenvalue weighted by Gasteiger charge is 2.60. The van der Waals surface area contributed by atoms with Crippen LogP contribution in [0.15, 0.2) is 12.3 Å². The fourth-order valence-corrected chi connectivity index (χ4v) is 3.34. The molecule has 116 valence electrons. The molecule has 0 saturated carbocycles. The molecule has 3 atom stereocenters. The van der Waals surface area contributed by atoms with Crippen LogP contribution in [0.5, 0.6) is 0 Å². The van der Waals surface area contributed by atoms with Crippen LogP contribution in [0.4, 0.5) is 13.2 Å². The second-order valence-electron chi connectivity index (χ2n) is 5.31. The number of hydrogen-bond donors (Lipinski definition) is 0. The second kappa shape index (κ2) is 4.37. The van der Waals surface area contributed by atoms with E-state index in [2.05, 4.69) is 0 Å². The first-order valence-electron chi connectivity index (χ1n) is 5.83. The van der Waals surface area contributed by atoms with Crippen molar-refractivity contribution in [3.8, 4) is 6.07 Å². The smallest absolute Gasteiger partial charge is 0.458 e. The van der Waals surface area contributed by atoms with Crippen molar-refractivity contribution in [3.63, 3.8) is 0 Å². The summed E-state index contributed by atoms with van der Waals surface area (Å²) in [6.07, 6.45) is 0.577. The van der Waals surface area contributed by atoms with Gasteiger partial charge in [0.25, 0.3) is 0 Å². The second-order valence-corrected chi connectivity index (χ2v) is 7.15. The van der Waals surface area contributed by atoms with Crippen LogP contribution in [0.25, 0.3) is 0 Å². The van der Waals surface area contributed by atoms with Crippen molar-refractivity contribution < 1.29 is 31.1 Å². The molecule has 6 nitrogen and oxygen atoms in total. The number of esters is 1. The average molecular weight is 324 g/mol. The van der Waals surface area contributed by atoms with E-state index in [4.69, 9.17) is 10.00 Å². The van der Waals surface area contributed by atoms with Gasteiger partial charge in [0.15, 0.2) is 6.04 Å². The van der Waals surface area contributed by atoms with Crippen LogP contribution in [0, 0.1) is 22.7 Å². The van der Waals surface area contributed by atoms with Gasteiger partial charge in [-0.05, 0) is 13.8 Å². The highest BCUT2D eigenvalue weighted by atomic mass is 32.2. The summed E-state index contributed by atoms with van der Waals surface area (Å²) < 4.78 is 65.6. The lowest BCUT2D eigenvalue weighted by Gasteiger charge is -2.35. The molecule has 0 aliphatic carbocycles. The Hall–Kier alpha value is -1.76. The third kappa shape index (κ3) is 2.07. The summed E-state index contributed by atoms with van der Waals surface area (Å²) in [5.74, 6) is -1.36. The predicted molar refractivity (Wildman–Crippen MR) is 62.5 cm³/mol. The van der Waals surface area contributed by atoms with E-state index in [1.165, 1.54) is 19.9 Å². The maximum Gasteiger partial charge on any atom is 0.516 e. The van der Waals surface area contributed by atoms with Crippen LogP contribution in [-0.2, 0) is 19.6 Å². The van der Waals surface area contributed by atoms with Crippen LogP contribution in [0.2, 0.25) is 0 Å². The molecule has 10 heteroatoms. The highest BCUT2D eigenvalue weighted by molar-refractivity contribution is 7.90. The van der Waals surface area contributed by atoms with Gasteiger partial charge in [-0.15, -0.1) is 0 Å². The molecule has 0 bridgehead atoms. The van der Waals surface area contributed by atoms with E-state index in [1.807, 2.05) is 0 Å². The van der Waals surface area contributed by atoms with E-state index < -0.39 is 45.0 Å². The topological polar surface area (TPSA) is 87.5 Å². The van der Waals surface area contributed by atoms with Gasteiger partial charge in [0, 0.05) is 12.1 Å². The number of hydrogen-bond acceptors (Lipinski definition) is 5. The summed E-state index contributed by atoms with van der Waals surface area (Å²) in [5.41, 5.74) is -6.58. The van der Waals surface area contributed by atoms with Crippen molar-refractivity contribution in [1.82, 2.24) is 4.31 Å². The SMILES string of the molecule is CC1(C)C(=O)OC2C(C#N)N(S(=O)(=O)C(F)(F)F)C=CC21. The Balaban J connectivity index is 2.50. The minimum atomic E-state index is -5.72. The number of alkyl halides is 3. The first-order chi connectivity index (χ1) is 9.44. The molecule has 2 aliphatic rings. The van der Waals surface area contributed by atoms with Crippen LogP contribution < -0.4 is 0 Å². The van der Waals surface area contributed by atoms with E-state index >= 15 is 0 Å². The summed E-state index contributed by atoms with van der Waals surface area (Å²) in [6, 6.07) is -0.272. The first kappa shape index (κ1) is 15.6. The van der Waals surface area contributed by atoms with Crippen LogP contribution >= 0.6 is 0 Å². The number of rotatable bonds is 1. The zero-order valence-corrected chi connectivity index (χ0v) is 11.8. The molecule has 0 aromatic rings. The monoisotopic (exact) mass is 324 g/mol. The lowest BCUT2D eigenvalue weighted by molar-refractivity contribution is -0.148. The molecule has 2 heterocycles. The molecule has 0 spiro atoms. The van der Waals surface area contributed by atoms with E-state index in [0.29, 0.717) is 6.20 Å². The van der Waals surface area contributed by atoms with Gasteiger partial charge in [0.1, 0.15) is 6.10 Å². The number of halogens is 3. The van der Waals surface area contributed by atoms with Gasteiger partial charge in [-0.25, -0.2) is 4.31 Å². The Kier molecular flexibility index (Phi) is 3.25. The molecule has 3 unspecified atom stereocenters. The van der Waals surface area contributed by atoms with E-state index in [-0.39, 0.29) is 4.31 Å². The lowest BCUT2D eigenvalue weighted by Crippen LogP contribution is -2.52. The average Bonchev–Trinajstić information content (AvgIpc) is 2.58. The molecule has 0 N–H and O–H groups in total. The van der Waals surface area contributed by atoms with Gasteiger partial charge >= 0.3 is 21.5 Å². The number of nitrogens with zero attached hydrogens (tertiary/aromatic N) is 2. The third-order valence-corrected chi connectivity index (χ3v) is 5.17. The fourth-order valence-electron chi connectivity index (χ4n) is 2.40. The predicted octanol–water partition coefficient (Wildman–Crippen LogP) is 1.13. The minimum Gasteiger partial charge on any atom is -0.458 e. The Morgan fingerprint density at radius 2 is 2.00 bits per heavy atom. The molecule has 2 rings (SSSR count). The zero-order valence-electron chi connectivity index (χ0n) is 11.0. The van der Waals surface area contributed by atoms with Gasteiger partial charge in [-0.2, -0.15) is 26.9 Å². The van der Waals surface area contributed by atoms with E-state index in [1.54, 1.807) is 0 Å². The summed E-state index contributed by atoms with van der Waals surface area (Å²) in [6.45, 7) is 3.04. The summed E-state index contributed by atoms with van der Waals surface area (Å²) >= 11 is 0. The van der Waals surface area contributed by atoms with Crippen molar-refractivity contribution in [2.24, 2.45) is 11.3 Å². The summed E-state index contributed by atoms with van der Waals surface area (Å²) in [7, 11) is -5.72. The summed E-state index contributed by atoms with van der Waals surface area (Å²) in [5, 5.41) is 9.05. The maximum absolute atomic E-state index is 12.6. The molecule has 1 fully saturated rings. The zero-order chi connectivity index (χ0) is 16.2. The van der Waals surface area contributed by atoms with Crippen molar-refractivity contribution in [2.45, 2.75) is 31.5 Å². The molecule has 0 radical (unpaired) electrons. The fraction of sp³-hybridized carbons (Fsp3) is 0.636. The van der Waals surface area contributed by atoms with E-state index in [0.717, 1.165) is 6.08 Å². The first-order valence-corrected chi connectivity index (χ1v) is 7.27. The third-order valence-electron chi connectivity index (χ3n) is 3.68. The Labute approximate surface area is 118 Å². The van der Waals surface area contributed by atoms with Crippen LogP contribution in [0.3, 0.4) is 0 Å². The Morgan fingerprint density at radius 3 is 2.48 bits per heavy atom. The van der Waals surface area contributed by atoms with Gasteiger partial charge < -0.3 is 4.74 Å². The molecule has 0 amide bonds. The van der Waals surface area contributed by atoms with Crippen molar-refractivity contribution in [3.05, 3.63) is 12.3 Å². The molecule has 21 heavy (non-hydrogen) atoms. The van der Waals surface area contributed by atoms with Crippen LogP contribution in [0.1, 0.15) is 13.8 Å². The van der Waals surface area contributed by atoms with Gasteiger partial charge in [0.2, 0.25) is 0 Å². The van der Waals surface area contributed by atoms with Crippen LogP contribution in [-0.4, -0.2) is 36.3 Å². The quantitative estimate of drug-likeness (QED) is 0.675. The van der Waals surface area contributed by atoms with Crippen molar-refractivity contribution >= 4 is 16.0 Å². The van der Waals surface area contributed by atoms with Gasteiger partial charge in [-0.1, -0.05) is 6.08 Å². The maximum atomic E-state index is 12.6. The van der Waals surface area contributed by atoms with Crippen molar-refractivity contribution in [2.75, 3.05) is 0 Å².